The summed E-state index contributed by atoms with van der Waals surface area (Å²) in [4.78, 5) is 0. The zero-order valence-electron chi connectivity index (χ0n) is 17.9. The van der Waals surface area contributed by atoms with E-state index in [0.717, 1.165) is 29.2 Å². The molecule has 0 heterocycles. The summed E-state index contributed by atoms with van der Waals surface area (Å²) in [6, 6.07) is 0. The minimum absolute atomic E-state index is 0.455. The largest absolute Gasteiger partial charge is 0.388 e. The Balaban J connectivity index is 1.76. The number of fused-ring (bicyclic) bond motifs is 1. The van der Waals surface area contributed by atoms with Crippen LogP contribution in [-0.2, 0) is 0 Å². The van der Waals surface area contributed by atoms with Crippen LogP contribution in [0.2, 0.25) is 0 Å². The minimum Gasteiger partial charge on any atom is -0.388 e. The molecule has 2 N–H and O–H groups in total. The van der Waals surface area contributed by atoms with Crippen molar-refractivity contribution in [1.29, 1.82) is 0 Å². The molecule has 3 saturated carbocycles. The van der Waals surface area contributed by atoms with Gasteiger partial charge in [0.1, 0.15) is 0 Å². The molecule has 3 aliphatic carbocycles. The van der Waals surface area contributed by atoms with Crippen molar-refractivity contribution in [3.8, 4) is 0 Å². The van der Waals surface area contributed by atoms with Gasteiger partial charge in [0, 0.05) is 0 Å². The van der Waals surface area contributed by atoms with Crippen LogP contribution >= 0.6 is 0 Å². The second-order valence-electron chi connectivity index (χ2n) is 10.3. The van der Waals surface area contributed by atoms with Crippen LogP contribution in [0.15, 0.2) is 35.5 Å². The lowest BCUT2D eigenvalue weighted by Crippen LogP contribution is -2.36. The van der Waals surface area contributed by atoms with Crippen LogP contribution in [0.5, 0.6) is 0 Å². The lowest BCUT2D eigenvalue weighted by atomic mass is 9.60. The molecule has 0 saturated heterocycles. The molecular weight excluding hydrogens is 332 g/mol. The van der Waals surface area contributed by atoms with Crippen molar-refractivity contribution < 1.29 is 10.2 Å². The molecule has 27 heavy (non-hydrogen) atoms. The highest BCUT2D eigenvalue weighted by Gasteiger charge is 2.50. The van der Waals surface area contributed by atoms with Crippen molar-refractivity contribution in [2.24, 2.45) is 29.1 Å². The molecule has 2 heteroatoms. The van der Waals surface area contributed by atoms with Gasteiger partial charge in [0.15, 0.2) is 0 Å². The summed E-state index contributed by atoms with van der Waals surface area (Å²) < 4.78 is 0. The van der Waals surface area contributed by atoms with E-state index >= 15 is 0 Å². The van der Waals surface area contributed by atoms with Crippen molar-refractivity contribution >= 4 is 0 Å². The number of allylic oxidation sites excluding steroid dienone is 3. The van der Waals surface area contributed by atoms with Crippen LogP contribution in [-0.4, -0.2) is 22.4 Å². The number of rotatable bonds is 4. The van der Waals surface area contributed by atoms with E-state index in [4.69, 9.17) is 0 Å². The molecule has 0 aliphatic heterocycles. The van der Waals surface area contributed by atoms with Gasteiger partial charge in [-0.3, -0.25) is 0 Å². The third kappa shape index (κ3) is 4.27. The first-order chi connectivity index (χ1) is 12.7. The van der Waals surface area contributed by atoms with Gasteiger partial charge in [0.05, 0.1) is 12.2 Å². The maximum absolute atomic E-state index is 10.1. The first kappa shape index (κ1) is 20.9. The molecule has 3 fully saturated rings. The molecule has 0 aromatic carbocycles. The zero-order chi connectivity index (χ0) is 19.8. The Kier molecular flexibility index (Phi) is 6.37. The van der Waals surface area contributed by atoms with Crippen LogP contribution in [0, 0.1) is 29.1 Å². The zero-order valence-corrected chi connectivity index (χ0v) is 17.9. The van der Waals surface area contributed by atoms with Crippen molar-refractivity contribution in [3.05, 3.63) is 35.5 Å². The Hall–Kier alpha value is -0.860. The van der Waals surface area contributed by atoms with E-state index in [1.165, 1.54) is 38.5 Å². The number of aliphatic hydroxyl groups is 2. The molecule has 0 aromatic heterocycles. The summed E-state index contributed by atoms with van der Waals surface area (Å²) >= 11 is 0. The van der Waals surface area contributed by atoms with Crippen LogP contribution in [0.1, 0.15) is 79.1 Å². The van der Waals surface area contributed by atoms with E-state index in [0.29, 0.717) is 23.8 Å². The lowest BCUT2D eigenvalue weighted by Gasteiger charge is -2.44. The molecule has 1 unspecified atom stereocenters. The maximum Gasteiger partial charge on any atom is 0.0809 e. The van der Waals surface area contributed by atoms with Crippen molar-refractivity contribution in [2.45, 2.75) is 91.3 Å². The fourth-order valence-corrected chi connectivity index (χ4v) is 6.55. The third-order valence-corrected chi connectivity index (χ3v) is 7.87. The monoisotopic (exact) mass is 372 g/mol. The van der Waals surface area contributed by atoms with E-state index in [1.54, 1.807) is 5.57 Å². The molecule has 0 bridgehead atoms. The van der Waals surface area contributed by atoms with Crippen LogP contribution < -0.4 is 0 Å². The molecule has 6 atom stereocenters. The predicted octanol–water partition coefficient (Wildman–Crippen LogP) is 5.81. The fraction of sp³-hybridized carbons (Fsp3) is 0.760. The smallest absolute Gasteiger partial charge is 0.0809 e. The Morgan fingerprint density at radius 2 is 1.78 bits per heavy atom. The van der Waals surface area contributed by atoms with E-state index < -0.39 is 12.2 Å². The second-order valence-corrected chi connectivity index (χ2v) is 10.3. The van der Waals surface area contributed by atoms with Crippen LogP contribution in [0.3, 0.4) is 0 Å². The van der Waals surface area contributed by atoms with Gasteiger partial charge in [-0.25, -0.2) is 0 Å². The molecule has 2 nitrogen and oxygen atoms in total. The Labute approximate surface area is 166 Å². The summed E-state index contributed by atoms with van der Waals surface area (Å²) in [5.74, 6) is 3.16. The standard InChI is InChI=1S/C25H40O2/c1-16(2)13-17(3)21-10-11-22-20(7-6-12-25(21,22)5)9-8-19-14-23(26)18(4)24(27)15-19/h8-9,16-17,21-24,26-27H,4,6-7,10-15H2,1-3,5H3/b20-9+/t17-,21-,22?,23-,24-,25+/m1/s1. The van der Waals surface area contributed by atoms with E-state index in [1.807, 2.05) is 0 Å². The minimum atomic E-state index is -0.595. The van der Waals surface area contributed by atoms with Gasteiger partial charge in [-0.15, -0.1) is 0 Å². The van der Waals surface area contributed by atoms with Gasteiger partial charge in [-0.2, -0.15) is 0 Å². The summed E-state index contributed by atoms with van der Waals surface area (Å²) in [7, 11) is 0. The van der Waals surface area contributed by atoms with Crippen molar-refractivity contribution in [3.63, 3.8) is 0 Å². The van der Waals surface area contributed by atoms with Crippen molar-refractivity contribution in [2.75, 3.05) is 0 Å². The average molecular weight is 373 g/mol. The average Bonchev–Trinajstić information content (AvgIpc) is 2.94. The summed E-state index contributed by atoms with van der Waals surface area (Å²) in [5.41, 5.74) is 3.80. The topological polar surface area (TPSA) is 40.5 Å². The summed E-state index contributed by atoms with van der Waals surface area (Å²) in [5, 5.41) is 20.2. The highest BCUT2D eigenvalue weighted by atomic mass is 16.3. The number of hydrogen-bond acceptors (Lipinski definition) is 2. The SMILES string of the molecule is C=C1[C@H](O)CC(=C/C=C2\CCC[C@]3(C)C2CC[C@@H]3[C@H](C)CC(C)C)C[C@H]1O. The van der Waals surface area contributed by atoms with E-state index in [2.05, 4.69) is 46.4 Å². The molecule has 3 rings (SSSR count). The van der Waals surface area contributed by atoms with E-state index in [-0.39, 0.29) is 0 Å². The number of aliphatic hydroxyl groups excluding tert-OH is 2. The van der Waals surface area contributed by atoms with Gasteiger partial charge in [-0.1, -0.05) is 57.6 Å². The van der Waals surface area contributed by atoms with Gasteiger partial charge < -0.3 is 10.2 Å². The lowest BCUT2D eigenvalue weighted by molar-refractivity contribution is 0.0893. The predicted molar refractivity (Wildman–Crippen MR) is 113 cm³/mol. The van der Waals surface area contributed by atoms with E-state index in [9.17, 15) is 10.2 Å². The number of hydrogen-bond donors (Lipinski definition) is 2. The van der Waals surface area contributed by atoms with Gasteiger partial charge in [0.25, 0.3) is 0 Å². The van der Waals surface area contributed by atoms with Gasteiger partial charge in [-0.05, 0) is 86.0 Å². The highest BCUT2D eigenvalue weighted by molar-refractivity contribution is 5.29. The highest BCUT2D eigenvalue weighted by Crippen LogP contribution is 2.60. The molecule has 0 amide bonds. The summed E-state index contributed by atoms with van der Waals surface area (Å²) in [6.07, 6.45) is 12.5. The molecule has 0 aromatic rings. The van der Waals surface area contributed by atoms with Crippen molar-refractivity contribution in [1.82, 2.24) is 0 Å². The van der Waals surface area contributed by atoms with Gasteiger partial charge >= 0.3 is 0 Å². The Morgan fingerprint density at radius 1 is 1.11 bits per heavy atom. The molecule has 3 aliphatic rings. The maximum atomic E-state index is 10.1. The molecule has 0 radical (unpaired) electrons. The second kappa shape index (κ2) is 8.25. The van der Waals surface area contributed by atoms with Crippen LogP contribution in [0.25, 0.3) is 0 Å². The molecule has 0 spiro atoms. The first-order valence-electron chi connectivity index (χ1n) is 11.2. The fourth-order valence-electron chi connectivity index (χ4n) is 6.55. The summed E-state index contributed by atoms with van der Waals surface area (Å²) in [6.45, 7) is 13.6. The molecular formula is C25H40O2. The third-order valence-electron chi connectivity index (χ3n) is 7.87. The quantitative estimate of drug-likeness (QED) is 0.611. The Morgan fingerprint density at radius 3 is 2.41 bits per heavy atom. The van der Waals surface area contributed by atoms with Gasteiger partial charge in [0.2, 0.25) is 0 Å². The first-order valence-corrected chi connectivity index (χ1v) is 11.2. The normalized spacial score (nSPS) is 39.7. The Bertz CT molecular complexity index is 598. The molecule has 152 valence electrons. The van der Waals surface area contributed by atoms with Crippen LogP contribution in [0.4, 0.5) is 0 Å².